The summed E-state index contributed by atoms with van der Waals surface area (Å²) in [5.41, 5.74) is 10.8. The summed E-state index contributed by atoms with van der Waals surface area (Å²) in [4.78, 5) is 21.9. The van der Waals surface area contributed by atoms with E-state index in [1.54, 1.807) is 12.4 Å². The van der Waals surface area contributed by atoms with Crippen molar-refractivity contribution >= 4 is 17.3 Å². The fourth-order valence-electron chi connectivity index (χ4n) is 3.29. The third kappa shape index (κ3) is 4.67. The Kier molecular flexibility index (Phi) is 5.63. The van der Waals surface area contributed by atoms with Gasteiger partial charge in [0.15, 0.2) is 0 Å². The van der Waals surface area contributed by atoms with Gasteiger partial charge in [-0.25, -0.2) is 0 Å². The number of nitrogens with one attached hydrogen (secondary N) is 1. The zero-order valence-corrected chi connectivity index (χ0v) is 15.9. The van der Waals surface area contributed by atoms with Crippen LogP contribution < -0.4 is 11.1 Å². The van der Waals surface area contributed by atoms with Crippen LogP contribution in [0.15, 0.2) is 84.3 Å². The number of anilines is 1. The molecule has 3 N–H and O–H groups in total. The van der Waals surface area contributed by atoms with Crippen LogP contribution in [0.3, 0.4) is 0 Å². The summed E-state index contributed by atoms with van der Waals surface area (Å²) in [5.74, 6) is -0.113. The van der Waals surface area contributed by atoms with Crippen LogP contribution in [0.4, 0.5) is 5.69 Å². The second-order valence-corrected chi connectivity index (χ2v) is 6.97. The maximum Gasteiger partial charge on any atom is 0.228 e. The molecule has 29 heavy (non-hydrogen) atoms. The SMILES string of the molecule is NC(c1ccccc1)c1ccc(NC(=O)C[C@@H]2CC(c3cccnc3)=NO2)cc1. The number of hydrogen-bond acceptors (Lipinski definition) is 5. The van der Waals surface area contributed by atoms with Crippen LogP contribution in [-0.4, -0.2) is 22.7 Å². The molecule has 4 rings (SSSR count). The van der Waals surface area contributed by atoms with E-state index in [0.29, 0.717) is 6.42 Å². The highest BCUT2D eigenvalue weighted by atomic mass is 16.6. The molecule has 6 nitrogen and oxygen atoms in total. The normalized spacial score (nSPS) is 16.6. The summed E-state index contributed by atoms with van der Waals surface area (Å²) in [6.07, 6.45) is 4.01. The maximum atomic E-state index is 12.4. The molecule has 1 aromatic heterocycles. The summed E-state index contributed by atoms with van der Waals surface area (Å²) in [6.45, 7) is 0. The van der Waals surface area contributed by atoms with E-state index in [1.807, 2.05) is 66.7 Å². The Morgan fingerprint density at radius 1 is 1.07 bits per heavy atom. The topological polar surface area (TPSA) is 89.6 Å². The first-order chi connectivity index (χ1) is 14.2. The smallest absolute Gasteiger partial charge is 0.228 e. The van der Waals surface area contributed by atoms with Gasteiger partial charge in [-0.3, -0.25) is 9.78 Å². The highest BCUT2D eigenvalue weighted by Gasteiger charge is 2.25. The number of oxime groups is 1. The van der Waals surface area contributed by atoms with Crippen LogP contribution >= 0.6 is 0 Å². The number of hydrogen-bond donors (Lipinski definition) is 2. The zero-order valence-electron chi connectivity index (χ0n) is 15.9. The number of amides is 1. The molecular formula is C23H22N4O2. The van der Waals surface area contributed by atoms with Crippen LogP contribution in [0.1, 0.15) is 35.6 Å². The Balaban J connectivity index is 1.30. The minimum Gasteiger partial charge on any atom is -0.391 e. The Labute approximate surface area is 169 Å². The Morgan fingerprint density at radius 3 is 2.55 bits per heavy atom. The second kappa shape index (κ2) is 8.67. The molecule has 2 heterocycles. The molecule has 1 amide bonds. The van der Waals surface area contributed by atoms with Crippen molar-refractivity contribution in [3.8, 4) is 0 Å². The molecule has 3 aromatic rings. The number of nitrogens with two attached hydrogens (primary N) is 1. The van der Waals surface area contributed by atoms with Crippen molar-refractivity contribution in [2.75, 3.05) is 5.32 Å². The van der Waals surface area contributed by atoms with Crippen LogP contribution in [0.2, 0.25) is 0 Å². The van der Waals surface area contributed by atoms with Gasteiger partial charge in [0, 0.05) is 30.1 Å². The maximum absolute atomic E-state index is 12.4. The summed E-state index contributed by atoms with van der Waals surface area (Å²) >= 11 is 0. The monoisotopic (exact) mass is 386 g/mol. The summed E-state index contributed by atoms with van der Waals surface area (Å²) in [7, 11) is 0. The Hall–Kier alpha value is -3.51. The van der Waals surface area contributed by atoms with Crippen LogP contribution in [0.5, 0.6) is 0 Å². The highest BCUT2D eigenvalue weighted by molar-refractivity contribution is 6.01. The lowest BCUT2D eigenvalue weighted by Crippen LogP contribution is -2.20. The standard InChI is InChI=1S/C23H22N4O2/c24-23(16-5-2-1-3-6-16)17-8-10-19(11-9-17)26-22(28)14-20-13-21(27-29-20)18-7-4-12-25-15-18/h1-12,15,20,23H,13-14,24H2,(H,26,28)/t20-,23?/m0/s1. The minimum atomic E-state index is -0.268. The van der Waals surface area contributed by atoms with E-state index >= 15 is 0 Å². The van der Waals surface area contributed by atoms with Gasteiger partial charge in [0.05, 0.1) is 18.2 Å². The number of pyridine rings is 1. The fourth-order valence-corrected chi connectivity index (χ4v) is 3.29. The molecule has 146 valence electrons. The van der Waals surface area contributed by atoms with Crippen LogP contribution in [-0.2, 0) is 9.63 Å². The predicted molar refractivity (Wildman–Crippen MR) is 112 cm³/mol. The van der Waals surface area contributed by atoms with E-state index in [-0.39, 0.29) is 24.5 Å². The molecule has 0 saturated heterocycles. The predicted octanol–water partition coefficient (Wildman–Crippen LogP) is 3.65. The third-order valence-electron chi connectivity index (χ3n) is 4.85. The molecule has 1 aliphatic rings. The molecule has 0 fully saturated rings. The minimum absolute atomic E-state index is 0.113. The van der Waals surface area contributed by atoms with E-state index < -0.39 is 0 Å². The van der Waals surface area contributed by atoms with E-state index in [9.17, 15) is 4.79 Å². The highest BCUT2D eigenvalue weighted by Crippen LogP contribution is 2.22. The van der Waals surface area contributed by atoms with Crippen molar-refractivity contribution in [2.45, 2.75) is 25.0 Å². The molecule has 0 aliphatic carbocycles. The molecule has 0 radical (unpaired) electrons. The molecule has 2 aromatic carbocycles. The quantitative estimate of drug-likeness (QED) is 0.677. The van der Waals surface area contributed by atoms with Gasteiger partial charge in [0.2, 0.25) is 5.91 Å². The van der Waals surface area contributed by atoms with E-state index in [1.165, 1.54) is 0 Å². The van der Waals surface area contributed by atoms with Gasteiger partial charge in [-0.2, -0.15) is 0 Å². The lowest BCUT2D eigenvalue weighted by Gasteiger charge is -2.14. The average Bonchev–Trinajstić information content (AvgIpc) is 3.23. The molecule has 1 unspecified atom stereocenters. The first-order valence-corrected chi connectivity index (χ1v) is 9.52. The van der Waals surface area contributed by atoms with E-state index in [0.717, 1.165) is 28.1 Å². The average molecular weight is 386 g/mol. The van der Waals surface area contributed by atoms with Gasteiger partial charge >= 0.3 is 0 Å². The summed E-state index contributed by atoms with van der Waals surface area (Å²) < 4.78 is 0. The number of carbonyl (C=O) groups excluding carboxylic acids is 1. The van der Waals surface area contributed by atoms with E-state index in [4.69, 9.17) is 10.6 Å². The molecule has 2 atom stereocenters. The van der Waals surface area contributed by atoms with Crippen molar-refractivity contribution in [3.05, 3.63) is 95.8 Å². The van der Waals surface area contributed by atoms with Gasteiger partial charge in [-0.1, -0.05) is 47.6 Å². The molecule has 0 bridgehead atoms. The van der Waals surface area contributed by atoms with E-state index in [2.05, 4.69) is 15.5 Å². The van der Waals surface area contributed by atoms with Crippen molar-refractivity contribution < 1.29 is 9.63 Å². The van der Waals surface area contributed by atoms with Gasteiger partial charge in [-0.15, -0.1) is 0 Å². The Morgan fingerprint density at radius 2 is 1.83 bits per heavy atom. The summed E-state index contributed by atoms with van der Waals surface area (Å²) in [5, 5.41) is 7.00. The zero-order chi connectivity index (χ0) is 20.1. The molecule has 6 heteroatoms. The molecular weight excluding hydrogens is 364 g/mol. The van der Waals surface area contributed by atoms with Gasteiger partial charge < -0.3 is 15.9 Å². The number of aromatic nitrogens is 1. The van der Waals surface area contributed by atoms with Gasteiger partial charge in [0.1, 0.15) is 6.10 Å². The third-order valence-corrected chi connectivity index (χ3v) is 4.85. The fraction of sp³-hybridized carbons (Fsp3) is 0.174. The number of rotatable bonds is 6. The van der Waals surface area contributed by atoms with Gasteiger partial charge in [-0.05, 0) is 35.4 Å². The van der Waals surface area contributed by atoms with Crippen molar-refractivity contribution in [1.29, 1.82) is 0 Å². The van der Waals surface area contributed by atoms with Crippen molar-refractivity contribution in [3.63, 3.8) is 0 Å². The second-order valence-electron chi connectivity index (χ2n) is 6.97. The molecule has 1 aliphatic heterocycles. The van der Waals surface area contributed by atoms with Gasteiger partial charge in [0.25, 0.3) is 0 Å². The Bertz CT molecular complexity index is 988. The van der Waals surface area contributed by atoms with Crippen molar-refractivity contribution in [1.82, 2.24) is 4.98 Å². The molecule has 0 spiro atoms. The molecule has 0 saturated carbocycles. The van der Waals surface area contributed by atoms with Crippen molar-refractivity contribution in [2.24, 2.45) is 10.9 Å². The largest absolute Gasteiger partial charge is 0.391 e. The lowest BCUT2D eigenvalue weighted by molar-refractivity contribution is -0.118. The number of nitrogens with zero attached hydrogens (tertiary/aromatic N) is 2. The summed E-state index contributed by atoms with van der Waals surface area (Å²) in [6, 6.07) is 21.1. The first-order valence-electron chi connectivity index (χ1n) is 9.52. The number of benzene rings is 2. The number of carbonyl (C=O) groups is 1. The van der Waals surface area contributed by atoms with Crippen LogP contribution in [0.25, 0.3) is 0 Å². The van der Waals surface area contributed by atoms with Crippen LogP contribution in [0, 0.1) is 0 Å². The first kappa shape index (κ1) is 18.8. The lowest BCUT2D eigenvalue weighted by atomic mass is 9.99.